The number of aromatic carboxylic acids is 1. The van der Waals surface area contributed by atoms with Crippen LogP contribution in [0.2, 0.25) is 5.02 Å². The number of piperazine rings is 1. The summed E-state index contributed by atoms with van der Waals surface area (Å²) in [4.78, 5) is 27.9. The Hall–Kier alpha value is -2.77. The first-order valence-electron chi connectivity index (χ1n) is 9.25. The highest BCUT2D eigenvalue weighted by Crippen LogP contribution is 2.31. The number of carbonyl (C=O) groups excluding carboxylic acids is 1. The van der Waals surface area contributed by atoms with Crippen LogP contribution in [0.1, 0.15) is 15.9 Å². The average molecular weight is 419 g/mol. The molecule has 29 heavy (non-hydrogen) atoms. The van der Waals surface area contributed by atoms with E-state index in [-0.39, 0.29) is 29.6 Å². The standard InChI is InChI=1S/C21H23ClN2O5/c1-28-18-4-2-3-17(21(26)27)20(18)29-14-19(25)24-11-9-23(10-12-24)13-15-5-7-16(22)8-6-15/h2-8H,9-14H2,1H3,(H,26,27). The second-order valence-corrected chi connectivity index (χ2v) is 7.15. The smallest absolute Gasteiger partial charge is 0.339 e. The predicted octanol–water partition coefficient (Wildman–Crippen LogP) is 2.77. The Kier molecular flexibility index (Phi) is 6.95. The molecule has 0 spiro atoms. The van der Waals surface area contributed by atoms with E-state index in [4.69, 9.17) is 21.1 Å². The highest BCUT2D eigenvalue weighted by molar-refractivity contribution is 6.30. The molecule has 1 saturated heterocycles. The van der Waals surface area contributed by atoms with Gasteiger partial charge >= 0.3 is 5.97 Å². The van der Waals surface area contributed by atoms with Crippen molar-refractivity contribution in [2.24, 2.45) is 0 Å². The first-order valence-corrected chi connectivity index (χ1v) is 9.63. The molecule has 0 saturated carbocycles. The number of methoxy groups -OCH3 is 1. The third-order valence-corrected chi connectivity index (χ3v) is 5.07. The molecule has 0 radical (unpaired) electrons. The normalized spacial score (nSPS) is 14.5. The number of benzene rings is 2. The lowest BCUT2D eigenvalue weighted by Gasteiger charge is -2.34. The summed E-state index contributed by atoms with van der Waals surface area (Å²) in [5, 5.41) is 10.0. The van der Waals surface area contributed by atoms with Gasteiger partial charge in [-0.25, -0.2) is 4.79 Å². The summed E-state index contributed by atoms with van der Waals surface area (Å²) < 4.78 is 10.7. The number of carbonyl (C=O) groups is 2. The van der Waals surface area contributed by atoms with Crippen molar-refractivity contribution < 1.29 is 24.2 Å². The molecule has 1 N–H and O–H groups in total. The fourth-order valence-corrected chi connectivity index (χ4v) is 3.35. The van der Waals surface area contributed by atoms with Gasteiger partial charge in [0.2, 0.25) is 0 Å². The molecule has 0 unspecified atom stereocenters. The van der Waals surface area contributed by atoms with Crippen molar-refractivity contribution in [3.63, 3.8) is 0 Å². The van der Waals surface area contributed by atoms with Gasteiger partial charge in [-0.05, 0) is 29.8 Å². The third-order valence-electron chi connectivity index (χ3n) is 4.81. The Morgan fingerprint density at radius 1 is 1.07 bits per heavy atom. The monoisotopic (exact) mass is 418 g/mol. The average Bonchev–Trinajstić information content (AvgIpc) is 2.73. The van der Waals surface area contributed by atoms with E-state index in [0.29, 0.717) is 18.1 Å². The maximum atomic E-state index is 12.5. The number of nitrogens with zero attached hydrogens (tertiary/aromatic N) is 2. The molecule has 0 aliphatic carbocycles. The van der Waals surface area contributed by atoms with Crippen LogP contribution >= 0.6 is 11.6 Å². The van der Waals surface area contributed by atoms with Gasteiger partial charge in [-0.15, -0.1) is 0 Å². The number of halogens is 1. The molecular formula is C21H23ClN2O5. The van der Waals surface area contributed by atoms with Gasteiger partial charge < -0.3 is 19.5 Å². The summed E-state index contributed by atoms with van der Waals surface area (Å²) in [5.74, 6) is -0.969. The topological polar surface area (TPSA) is 79.3 Å². The molecular weight excluding hydrogens is 396 g/mol. The molecule has 154 valence electrons. The van der Waals surface area contributed by atoms with E-state index in [2.05, 4.69) is 4.90 Å². The minimum atomic E-state index is -1.14. The Bertz CT molecular complexity index is 864. The number of amides is 1. The molecule has 0 atom stereocenters. The van der Waals surface area contributed by atoms with Crippen molar-refractivity contribution in [3.8, 4) is 11.5 Å². The summed E-state index contributed by atoms with van der Waals surface area (Å²) in [6.07, 6.45) is 0. The van der Waals surface area contributed by atoms with Gasteiger partial charge in [-0.2, -0.15) is 0 Å². The van der Waals surface area contributed by atoms with Crippen molar-refractivity contribution in [1.29, 1.82) is 0 Å². The second-order valence-electron chi connectivity index (χ2n) is 6.71. The van der Waals surface area contributed by atoms with E-state index >= 15 is 0 Å². The SMILES string of the molecule is COc1cccc(C(=O)O)c1OCC(=O)N1CCN(Cc2ccc(Cl)cc2)CC1. The molecule has 1 aliphatic rings. The van der Waals surface area contributed by atoms with E-state index < -0.39 is 5.97 Å². The predicted molar refractivity (Wildman–Crippen MR) is 109 cm³/mol. The lowest BCUT2D eigenvalue weighted by Crippen LogP contribution is -2.49. The van der Waals surface area contributed by atoms with Gasteiger partial charge in [0.25, 0.3) is 5.91 Å². The molecule has 1 amide bonds. The zero-order valence-corrected chi connectivity index (χ0v) is 16.9. The van der Waals surface area contributed by atoms with E-state index in [9.17, 15) is 14.7 Å². The first kappa shape index (κ1) is 21.0. The highest BCUT2D eigenvalue weighted by Gasteiger charge is 2.23. The van der Waals surface area contributed by atoms with Crippen LogP contribution < -0.4 is 9.47 Å². The van der Waals surface area contributed by atoms with Gasteiger partial charge in [-0.1, -0.05) is 29.8 Å². The Morgan fingerprint density at radius 2 is 1.76 bits per heavy atom. The van der Waals surface area contributed by atoms with Crippen LogP contribution in [-0.2, 0) is 11.3 Å². The zero-order valence-electron chi connectivity index (χ0n) is 16.1. The Labute approximate surface area is 174 Å². The molecule has 1 fully saturated rings. The Morgan fingerprint density at radius 3 is 2.38 bits per heavy atom. The molecule has 8 heteroatoms. The lowest BCUT2D eigenvalue weighted by atomic mass is 10.2. The fraction of sp³-hybridized carbons (Fsp3) is 0.333. The van der Waals surface area contributed by atoms with Gasteiger partial charge in [0.05, 0.1) is 7.11 Å². The molecule has 1 aliphatic heterocycles. The summed E-state index contributed by atoms with van der Waals surface area (Å²) in [6.45, 7) is 3.25. The van der Waals surface area contributed by atoms with Gasteiger partial charge in [0.1, 0.15) is 5.56 Å². The summed E-state index contributed by atoms with van der Waals surface area (Å²) in [6, 6.07) is 12.3. The maximum Gasteiger partial charge on any atom is 0.339 e. The number of para-hydroxylation sites is 1. The number of hydrogen-bond acceptors (Lipinski definition) is 5. The molecule has 2 aromatic carbocycles. The van der Waals surface area contributed by atoms with E-state index in [1.807, 2.05) is 24.3 Å². The van der Waals surface area contributed by atoms with Crippen molar-refractivity contribution in [1.82, 2.24) is 9.80 Å². The fourth-order valence-electron chi connectivity index (χ4n) is 3.22. The largest absolute Gasteiger partial charge is 0.493 e. The van der Waals surface area contributed by atoms with E-state index in [1.165, 1.54) is 18.7 Å². The number of ether oxygens (including phenoxy) is 2. The number of carboxylic acid groups (broad SMARTS) is 1. The molecule has 7 nitrogen and oxygen atoms in total. The van der Waals surface area contributed by atoms with Crippen LogP contribution in [0.3, 0.4) is 0 Å². The summed E-state index contributed by atoms with van der Waals surface area (Å²) >= 11 is 5.92. The van der Waals surface area contributed by atoms with E-state index in [1.54, 1.807) is 17.0 Å². The van der Waals surface area contributed by atoms with Gasteiger partial charge in [0, 0.05) is 37.7 Å². The maximum absolute atomic E-state index is 12.5. The van der Waals surface area contributed by atoms with Gasteiger partial charge in [0.15, 0.2) is 18.1 Å². The number of hydrogen-bond donors (Lipinski definition) is 1. The van der Waals surface area contributed by atoms with E-state index in [0.717, 1.165) is 19.6 Å². The third kappa shape index (κ3) is 5.40. The molecule has 0 aromatic heterocycles. The second kappa shape index (κ2) is 9.62. The minimum Gasteiger partial charge on any atom is -0.493 e. The van der Waals surface area contributed by atoms with Crippen molar-refractivity contribution in [2.45, 2.75) is 6.54 Å². The van der Waals surface area contributed by atoms with Crippen molar-refractivity contribution in [3.05, 3.63) is 58.6 Å². The van der Waals surface area contributed by atoms with Gasteiger partial charge in [-0.3, -0.25) is 9.69 Å². The molecule has 1 heterocycles. The lowest BCUT2D eigenvalue weighted by molar-refractivity contribution is -0.135. The summed E-state index contributed by atoms with van der Waals surface area (Å²) in [5.41, 5.74) is 1.14. The first-order chi connectivity index (χ1) is 14.0. The summed E-state index contributed by atoms with van der Waals surface area (Å²) in [7, 11) is 1.43. The van der Waals surface area contributed by atoms with Crippen molar-refractivity contribution >= 4 is 23.5 Å². The quantitative estimate of drug-likeness (QED) is 0.744. The Balaban J connectivity index is 1.53. The van der Waals surface area contributed by atoms with Crippen molar-refractivity contribution in [2.75, 3.05) is 39.9 Å². The molecule has 3 rings (SSSR count). The zero-order chi connectivity index (χ0) is 20.8. The highest BCUT2D eigenvalue weighted by atomic mass is 35.5. The van der Waals surface area contributed by atoms with Crippen LogP contribution in [-0.4, -0.2) is 66.7 Å². The van der Waals surface area contributed by atoms with Crippen LogP contribution in [0, 0.1) is 0 Å². The van der Waals surface area contributed by atoms with Crippen LogP contribution in [0.4, 0.5) is 0 Å². The molecule has 2 aromatic rings. The van der Waals surface area contributed by atoms with Crippen LogP contribution in [0.25, 0.3) is 0 Å². The van der Waals surface area contributed by atoms with Crippen LogP contribution in [0.15, 0.2) is 42.5 Å². The number of carboxylic acids is 1. The minimum absolute atomic E-state index is 0.0371. The number of rotatable bonds is 7. The molecule has 0 bridgehead atoms. The van der Waals surface area contributed by atoms with Crippen LogP contribution in [0.5, 0.6) is 11.5 Å².